The van der Waals surface area contributed by atoms with E-state index >= 15 is 0 Å². The van der Waals surface area contributed by atoms with Crippen molar-refractivity contribution in [2.24, 2.45) is 11.3 Å². The average Bonchev–Trinajstić information content (AvgIpc) is 3.19. The number of aromatic nitrogens is 2. The number of sulfonamides is 1. The highest BCUT2D eigenvalue weighted by atomic mass is 32.2. The first kappa shape index (κ1) is 26.5. The summed E-state index contributed by atoms with van der Waals surface area (Å²) < 4.78 is 27.2. The van der Waals surface area contributed by atoms with E-state index in [2.05, 4.69) is 31.1 Å². The quantitative estimate of drug-likeness (QED) is 0.507. The van der Waals surface area contributed by atoms with E-state index in [1.807, 2.05) is 6.92 Å². The molecule has 1 amide bonds. The Hall–Kier alpha value is -2.56. The molecule has 0 saturated carbocycles. The van der Waals surface area contributed by atoms with E-state index in [1.165, 1.54) is 42.0 Å². The van der Waals surface area contributed by atoms with Gasteiger partial charge in [0.05, 0.1) is 16.6 Å². The van der Waals surface area contributed by atoms with Gasteiger partial charge in [-0.05, 0) is 66.8 Å². The molecule has 1 aliphatic rings. The Morgan fingerprint density at radius 2 is 1.92 bits per heavy atom. The number of carbonyl (C=O) groups excluding carboxylic acids is 1. The summed E-state index contributed by atoms with van der Waals surface area (Å²) in [7, 11) is -0.628. The van der Waals surface area contributed by atoms with Gasteiger partial charge in [0.2, 0.25) is 15.9 Å². The standard InChI is InChI=1S/C26H34N4O4S2/c1-7-20(23(31)28-17-9-11-18(12-10-17)36(33,34)29(5)6)30-15-27-24-22(25(30)32)19-13-8-16(26(2,3)4)14-21(19)35-24/h9-12,15-16,20H,7-8,13-14H2,1-6H3,(H,28,31). The lowest BCUT2D eigenvalue weighted by Crippen LogP contribution is -2.33. The lowest BCUT2D eigenvalue weighted by atomic mass is 9.72. The first-order valence-electron chi connectivity index (χ1n) is 12.2. The van der Waals surface area contributed by atoms with Crippen molar-refractivity contribution in [1.82, 2.24) is 13.9 Å². The number of nitrogens with zero attached hydrogens (tertiary/aromatic N) is 3. The van der Waals surface area contributed by atoms with Crippen molar-refractivity contribution in [2.45, 2.75) is 64.3 Å². The van der Waals surface area contributed by atoms with Crippen molar-refractivity contribution < 1.29 is 13.2 Å². The summed E-state index contributed by atoms with van der Waals surface area (Å²) in [4.78, 5) is 33.5. The number of nitrogens with one attached hydrogen (secondary N) is 1. The fraction of sp³-hybridized carbons (Fsp3) is 0.500. The maximum absolute atomic E-state index is 13.6. The second kappa shape index (κ2) is 9.72. The van der Waals surface area contributed by atoms with Crippen LogP contribution in [0.25, 0.3) is 10.2 Å². The molecule has 2 unspecified atom stereocenters. The lowest BCUT2D eigenvalue weighted by Gasteiger charge is -2.33. The number of hydrogen-bond donors (Lipinski definition) is 1. The van der Waals surface area contributed by atoms with Crippen LogP contribution in [0.3, 0.4) is 0 Å². The second-order valence-electron chi connectivity index (χ2n) is 10.7. The van der Waals surface area contributed by atoms with Gasteiger partial charge in [-0.3, -0.25) is 14.2 Å². The van der Waals surface area contributed by atoms with Crippen LogP contribution in [-0.4, -0.2) is 42.3 Å². The van der Waals surface area contributed by atoms with E-state index in [4.69, 9.17) is 0 Å². The van der Waals surface area contributed by atoms with Crippen molar-refractivity contribution in [2.75, 3.05) is 19.4 Å². The molecule has 2 aromatic heterocycles. The smallest absolute Gasteiger partial charge is 0.263 e. The minimum atomic E-state index is -3.56. The molecule has 0 bridgehead atoms. The van der Waals surface area contributed by atoms with Gasteiger partial charge in [-0.25, -0.2) is 17.7 Å². The minimum absolute atomic E-state index is 0.138. The van der Waals surface area contributed by atoms with Crippen LogP contribution in [-0.2, 0) is 27.7 Å². The zero-order valence-electron chi connectivity index (χ0n) is 21.7. The van der Waals surface area contributed by atoms with Crippen LogP contribution in [0.4, 0.5) is 5.69 Å². The predicted molar refractivity (Wildman–Crippen MR) is 144 cm³/mol. The minimum Gasteiger partial charge on any atom is -0.324 e. The van der Waals surface area contributed by atoms with Gasteiger partial charge in [0.25, 0.3) is 5.56 Å². The van der Waals surface area contributed by atoms with Gasteiger partial charge in [0.15, 0.2) is 0 Å². The molecule has 10 heteroatoms. The van der Waals surface area contributed by atoms with Crippen LogP contribution in [0.15, 0.2) is 40.3 Å². The molecule has 4 rings (SSSR count). The SMILES string of the molecule is CCC(C(=O)Nc1ccc(S(=O)(=O)N(C)C)cc1)n1cnc2sc3c(c2c1=O)CCC(C(C)(C)C)C3. The number of amides is 1. The molecule has 0 spiro atoms. The number of hydrogen-bond acceptors (Lipinski definition) is 6. The van der Waals surface area contributed by atoms with E-state index < -0.39 is 16.1 Å². The highest BCUT2D eigenvalue weighted by Crippen LogP contribution is 2.42. The zero-order valence-corrected chi connectivity index (χ0v) is 23.3. The molecular formula is C26H34N4O4S2. The predicted octanol–water partition coefficient (Wildman–Crippen LogP) is 4.45. The maximum Gasteiger partial charge on any atom is 0.263 e. The first-order valence-corrected chi connectivity index (χ1v) is 14.4. The van der Waals surface area contributed by atoms with Gasteiger partial charge in [0.1, 0.15) is 10.9 Å². The normalized spacial score (nSPS) is 17.2. The summed E-state index contributed by atoms with van der Waals surface area (Å²) in [5, 5.41) is 3.47. The Balaban J connectivity index is 1.61. The second-order valence-corrected chi connectivity index (χ2v) is 13.9. The van der Waals surface area contributed by atoms with Gasteiger partial charge < -0.3 is 5.32 Å². The number of aryl methyl sites for hydroxylation is 1. The van der Waals surface area contributed by atoms with Gasteiger partial charge in [-0.15, -0.1) is 11.3 Å². The summed E-state index contributed by atoms with van der Waals surface area (Å²) in [6, 6.07) is 5.27. The third kappa shape index (κ3) is 4.86. The van der Waals surface area contributed by atoms with Crippen LogP contribution < -0.4 is 10.9 Å². The summed E-state index contributed by atoms with van der Waals surface area (Å²) in [5.41, 5.74) is 1.58. The molecule has 0 saturated heterocycles. The molecule has 0 aliphatic heterocycles. The molecule has 194 valence electrons. The highest BCUT2D eigenvalue weighted by Gasteiger charge is 2.32. The Morgan fingerprint density at radius 3 is 2.50 bits per heavy atom. The van der Waals surface area contributed by atoms with Crippen LogP contribution in [0.2, 0.25) is 0 Å². The number of benzene rings is 1. The Labute approximate surface area is 216 Å². The van der Waals surface area contributed by atoms with Crippen LogP contribution in [0, 0.1) is 11.3 Å². The van der Waals surface area contributed by atoms with Gasteiger partial charge >= 0.3 is 0 Å². The topological polar surface area (TPSA) is 101 Å². The van der Waals surface area contributed by atoms with E-state index in [9.17, 15) is 18.0 Å². The van der Waals surface area contributed by atoms with Crippen LogP contribution >= 0.6 is 11.3 Å². The fourth-order valence-corrected chi connectivity index (χ4v) is 6.95. The van der Waals surface area contributed by atoms with Crippen molar-refractivity contribution in [1.29, 1.82) is 0 Å². The van der Waals surface area contributed by atoms with Crippen LogP contribution in [0.1, 0.15) is 57.0 Å². The fourth-order valence-electron chi connectivity index (χ4n) is 4.80. The molecule has 36 heavy (non-hydrogen) atoms. The lowest BCUT2D eigenvalue weighted by molar-refractivity contribution is -0.119. The van der Waals surface area contributed by atoms with Crippen molar-refractivity contribution >= 4 is 43.2 Å². The van der Waals surface area contributed by atoms with Gasteiger partial charge in [-0.1, -0.05) is 27.7 Å². The molecule has 1 N–H and O–H groups in total. The first-order chi connectivity index (χ1) is 16.8. The Kier molecular flexibility index (Phi) is 7.15. The van der Waals surface area contributed by atoms with E-state index in [0.717, 1.165) is 34.0 Å². The van der Waals surface area contributed by atoms with Crippen molar-refractivity contribution in [3.63, 3.8) is 0 Å². The molecule has 0 radical (unpaired) electrons. The third-order valence-electron chi connectivity index (χ3n) is 7.14. The zero-order chi connectivity index (χ0) is 26.4. The number of anilines is 1. The molecule has 1 aliphatic carbocycles. The molecule has 3 aromatic rings. The average molecular weight is 531 g/mol. The summed E-state index contributed by atoms with van der Waals surface area (Å²) in [6.45, 7) is 8.64. The number of rotatable bonds is 6. The number of carbonyl (C=O) groups is 1. The number of fused-ring (bicyclic) bond motifs is 3. The molecular weight excluding hydrogens is 496 g/mol. The van der Waals surface area contributed by atoms with Crippen molar-refractivity contribution in [3.05, 3.63) is 51.4 Å². The van der Waals surface area contributed by atoms with E-state index in [0.29, 0.717) is 23.4 Å². The summed E-state index contributed by atoms with van der Waals surface area (Å²) in [5.74, 6) is 0.217. The van der Waals surface area contributed by atoms with Crippen LogP contribution in [0.5, 0.6) is 0 Å². The molecule has 0 fully saturated rings. The van der Waals surface area contributed by atoms with Gasteiger partial charge in [0, 0.05) is 24.7 Å². The summed E-state index contributed by atoms with van der Waals surface area (Å²) >= 11 is 1.60. The summed E-state index contributed by atoms with van der Waals surface area (Å²) in [6.07, 6.45) is 4.73. The molecule has 8 nitrogen and oxygen atoms in total. The third-order valence-corrected chi connectivity index (χ3v) is 10.1. The Bertz CT molecular complexity index is 1450. The highest BCUT2D eigenvalue weighted by molar-refractivity contribution is 7.89. The largest absolute Gasteiger partial charge is 0.324 e. The van der Waals surface area contributed by atoms with E-state index in [1.54, 1.807) is 23.5 Å². The molecule has 2 atom stereocenters. The maximum atomic E-state index is 13.6. The Morgan fingerprint density at radius 1 is 1.25 bits per heavy atom. The van der Waals surface area contributed by atoms with E-state index in [-0.39, 0.29) is 21.8 Å². The van der Waals surface area contributed by atoms with Gasteiger partial charge in [-0.2, -0.15) is 0 Å². The monoisotopic (exact) mass is 530 g/mol. The molecule has 1 aromatic carbocycles. The number of thiophene rings is 1. The molecule has 2 heterocycles. The van der Waals surface area contributed by atoms with Crippen molar-refractivity contribution in [3.8, 4) is 0 Å².